The van der Waals surface area contributed by atoms with Crippen molar-refractivity contribution >= 4 is 19.6 Å². The average molecular weight is 220 g/mol. The lowest BCUT2D eigenvalue weighted by atomic mass is 9.81. The summed E-state index contributed by atoms with van der Waals surface area (Å²) in [4.78, 5) is 24.3. The number of nitrogens with one attached hydrogen (secondary N) is 1. The molecule has 1 saturated carbocycles. The van der Waals surface area contributed by atoms with Crippen LogP contribution in [0.5, 0.6) is 0 Å². The molecule has 7 heteroatoms. The van der Waals surface area contributed by atoms with Gasteiger partial charge in [-0.3, -0.25) is 9.59 Å². The predicted octanol–water partition coefficient (Wildman–Crippen LogP) is 1.51. The number of rotatable bonds is 3. The largest absolute Gasteiger partial charge is 0.366 e. The topological polar surface area (TPSA) is 94.9 Å². The molecule has 0 saturated heterocycles. The van der Waals surface area contributed by atoms with Gasteiger partial charge in [0.15, 0.2) is 13.7 Å². The van der Waals surface area contributed by atoms with Crippen molar-refractivity contribution in [3.63, 3.8) is 0 Å². The van der Waals surface area contributed by atoms with E-state index in [9.17, 15) is 9.59 Å². The lowest BCUT2D eigenvalue weighted by Crippen LogP contribution is -2.31. The second-order valence-corrected chi connectivity index (χ2v) is 3.99. The van der Waals surface area contributed by atoms with E-state index < -0.39 is 5.81 Å². The fourth-order valence-electron chi connectivity index (χ4n) is 1.98. The summed E-state index contributed by atoms with van der Waals surface area (Å²) in [7, 11) is 4.97. The summed E-state index contributed by atoms with van der Waals surface area (Å²) in [5.41, 5.74) is 8.14. The molecular weight excluding hydrogens is 207 g/mol. The Hall–Kier alpha value is -1.49. The van der Waals surface area contributed by atoms with Crippen molar-refractivity contribution in [1.29, 1.82) is 0 Å². The summed E-state index contributed by atoms with van der Waals surface area (Å²) in [6.45, 7) is 0.553. The molecule has 2 amide bonds. The lowest BCUT2D eigenvalue weighted by molar-refractivity contribution is -0.122. The Bertz CT molecular complexity index is 319. The van der Waals surface area contributed by atoms with Crippen molar-refractivity contribution < 1.29 is 9.59 Å². The van der Waals surface area contributed by atoms with Gasteiger partial charge in [0, 0.05) is 17.4 Å². The molecule has 16 heavy (non-hydrogen) atoms. The fourth-order valence-corrected chi connectivity index (χ4v) is 1.98. The first-order valence-corrected chi connectivity index (χ1v) is 5.25. The van der Waals surface area contributed by atoms with Crippen LogP contribution in [-0.2, 0) is 4.79 Å². The van der Waals surface area contributed by atoms with E-state index >= 15 is 0 Å². The van der Waals surface area contributed by atoms with Crippen LogP contribution in [0.4, 0.5) is 4.79 Å². The first kappa shape index (κ1) is 12.6. The number of carbonyl (C=O) groups is 2. The second kappa shape index (κ2) is 6.17. The van der Waals surface area contributed by atoms with Crippen molar-refractivity contribution in [2.24, 2.45) is 17.0 Å². The molecule has 2 radical (unpaired) electrons. The predicted molar refractivity (Wildman–Crippen MR) is 58.8 cm³/mol. The zero-order valence-electron chi connectivity index (χ0n) is 8.93. The number of azide groups is 1. The normalized spacial score (nSPS) is 24.2. The summed E-state index contributed by atoms with van der Waals surface area (Å²) >= 11 is 0. The van der Waals surface area contributed by atoms with E-state index in [1.54, 1.807) is 0 Å². The van der Waals surface area contributed by atoms with Crippen LogP contribution in [0.3, 0.4) is 0 Å². The molecule has 0 unspecified atom stereocenters. The first-order valence-electron chi connectivity index (χ1n) is 5.25. The van der Waals surface area contributed by atoms with E-state index in [1.165, 1.54) is 0 Å². The Morgan fingerprint density at radius 2 is 2.00 bits per heavy atom. The van der Waals surface area contributed by atoms with Gasteiger partial charge in [0.1, 0.15) is 0 Å². The molecule has 0 aromatic carbocycles. The van der Waals surface area contributed by atoms with Crippen LogP contribution in [0.1, 0.15) is 25.7 Å². The molecule has 1 N–H and O–H groups in total. The van der Waals surface area contributed by atoms with Crippen molar-refractivity contribution in [3.05, 3.63) is 10.4 Å². The van der Waals surface area contributed by atoms with E-state index in [0.717, 1.165) is 12.8 Å². The van der Waals surface area contributed by atoms with Gasteiger partial charge < -0.3 is 5.32 Å². The summed E-state index contributed by atoms with van der Waals surface area (Å²) in [5.74, 6) is -0.681. The van der Waals surface area contributed by atoms with Crippen molar-refractivity contribution in [1.82, 2.24) is 5.32 Å². The van der Waals surface area contributed by atoms with Crippen molar-refractivity contribution in [2.45, 2.75) is 25.7 Å². The van der Waals surface area contributed by atoms with Crippen molar-refractivity contribution in [2.75, 3.05) is 6.54 Å². The molecule has 6 nitrogen and oxygen atoms in total. The molecule has 0 spiro atoms. The smallest absolute Gasteiger partial charge is 0.222 e. The highest BCUT2D eigenvalue weighted by atomic mass is 16.2. The Morgan fingerprint density at radius 3 is 2.50 bits per heavy atom. The summed E-state index contributed by atoms with van der Waals surface area (Å²) in [6.07, 6.45) is 3.11. The summed E-state index contributed by atoms with van der Waals surface area (Å²) in [6, 6.07) is 0. The molecule has 1 fully saturated rings. The third-order valence-electron chi connectivity index (χ3n) is 2.90. The Balaban J connectivity index is 2.31. The number of hydrogen-bond acceptors (Lipinski definition) is 2. The molecule has 0 heterocycles. The van der Waals surface area contributed by atoms with Gasteiger partial charge in [-0.05, 0) is 42.2 Å². The van der Waals surface area contributed by atoms with E-state index in [-0.39, 0.29) is 11.8 Å². The molecule has 0 aliphatic heterocycles. The maximum Gasteiger partial charge on any atom is 0.222 e. The van der Waals surface area contributed by atoms with Gasteiger partial charge in [-0.2, -0.15) is 0 Å². The van der Waals surface area contributed by atoms with Crippen LogP contribution in [-0.4, -0.2) is 26.1 Å². The van der Waals surface area contributed by atoms with Gasteiger partial charge in [0.05, 0.1) is 0 Å². The van der Waals surface area contributed by atoms with Crippen LogP contribution in [0.2, 0.25) is 0 Å². The average Bonchev–Trinajstić information content (AvgIpc) is 2.27. The van der Waals surface area contributed by atoms with Gasteiger partial charge in [0.2, 0.25) is 5.91 Å². The van der Waals surface area contributed by atoms with Crippen LogP contribution < -0.4 is 5.32 Å². The summed E-state index contributed by atoms with van der Waals surface area (Å²) in [5, 5.41) is 5.66. The molecule has 0 aromatic rings. The van der Waals surface area contributed by atoms with E-state index in [1.807, 2.05) is 0 Å². The zero-order chi connectivity index (χ0) is 12.0. The van der Waals surface area contributed by atoms with Gasteiger partial charge in [-0.15, -0.1) is 0 Å². The van der Waals surface area contributed by atoms with Crippen LogP contribution in [0, 0.1) is 11.8 Å². The van der Waals surface area contributed by atoms with Crippen molar-refractivity contribution in [3.8, 4) is 0 Å². The molecule has 0 atom stereocenters. The van der Waals surface area contributed by atoms with E-state index in [2.05, 4.69) is 15.3 Å². The summed E-state index contributed by atoms with van der Waals surface area (Å²) < 4.78 is 0. The second-order valence-electron chi connectivity index (χ2n) is 3.99. The molecular formula is C9H13BN4O2. The highest BCUT2D eigenvalue weighted by Gasteiger charge is 2.25. The molecule has 1 rings (SSSR count). The number of hydrogen-bond donors (Lipinski definition) is 1. The highest BCUT2D eigenvalue weighted by Crippen LogP contribution is 2.29. The number of nitrogens with zero attached hydrogens (tertiary/aromatic N) is 3. The Kier molecular flexibility index (Phi) is 4.86. The molecule has 1 aliphatic carbocycles. The highest BCUT2D eigenvalue weighted by molar-refractivity contribution is 6.57. The molecule has 0 aromatic heterocycles. The molecule has 1 aliphatic rings. The number of carbonyl (C=O) groups excluding carboxylic acids is 2. The SMILES string of the molecule is [B]C(=O)NCC1CCC(C(=O)N=[N+]=[N-])CC1. The third-order valence-corrected chi connectivity index (χ3v) is 2.90. The van der Waals surface area contributed by atoms with Gasteiger partial charge in [0.25, 0.3) is 0 Å². The van der Waals surface area contributed by atoms with Gasteiger partial charge in [-0.25, -0.2) is 0 Å². The minimum Gasteiger partial charge on any atom is -0.366 e. The van der Waals surface area contributed by atoms with Gasteiger partial charge >= 0.3 is 0 Å². The van der Waals surface area contributed by atoms with Crippen LogP contribution in [0.25, 0.3) is 10.4 Å². The Labute approximate surface area is 94.8 Å². The minimum atomic E-state index is -0.521. The standard InChI is InChI=1S/C9H13BN4O2/c10-9(16)12-5-6-1-3-7(4-2-6)8(15)13-14-11/h6-7H,1-5H2,(H,12,16). The minimum absolute atomic E-state index is 0.152. The zero-order valence-corrected chi connectivity index (χ0v) is 8.93. The number of amides is 2. The van der Waals surface area contributed by atoms with E-state index in [4.69, 9.17) is 13.4 Å². The lowest BCUT2D eigenvalue weighted by Gasteiger charge is -2.26. The molecule has 0 bridgehead atoms. The Morgan fingerprint density at radius 1 is 1.38 bits per heavy atom. The maximum absolute atomic E-state index is 11.3. The fraction of sp³-hybridized carbons (Fsp3) is 0.778. The monoisotopic (exact) mass is 220 g/mol. The van der Waals surface area contributed by atoms with Crippen LogP contribution >= 0.6 is 0 Å². The first-order chi connectivity index (χ1) is 7.63. The maximum atomic E-state index is 11.3. The van der Waals surface area contributed by atoms with Crippen LogP contribution in [0.15, 0.2) is 5.11 Å². The van der Waals surface area contributed by atoms with E-state index in [0.29, 0.717) is 25.3 Å². The third kappa shape index (κ3) is 3.94. The quantitative estimate of drug-likeness (QED) is 0.337. The van der Waals surface area contributed by atoms with Gasteiger partial charge in [-0.1, -0.05) is 0 Å². The molecule has 84 valence electrons.